The van der Waals surface area contributed by atoms with Crippen molar-refractivity contribution in [2.75, 3.05) is 0 Å². The van der Waals surface area contributed by atoms with Gasteiger partial charge in [-0.05, 0) is 55.9 Å². The van der Waals surface area contributed by atoms with E-state index in [4.69, 9.17) is 5.73 Å². The van der Waals surface area contributed by atoms with Crippen molar-refractivity contribution in [1.29, 1.82) is 0 Å². The standard InChI is InChI=1S/C16H19N3O/c1-10-5-3-8-14-15(10)11(2)18-19(14)13-7-4-6-12(9-13)16(17)20/h4,6-7,9-10H,3,5,8H2,1-2H3,(H2,17,20). The van der Waals surface area contributed by atoms with Gasteiger partial charge in [0.25, 0.3) is 0 Å². The molecule has 2 N–H and O–H groups in total. The largest absolute Gasteiger partial charge is 0.366 e. The van der Waals surface area contributed by atoms with E-state index in [1.807, 2.05) is 22.9 Å². The van der Waals surface area contributed by atoms with Gasteiger partial charge in [-0.25, -0.2) is 4.68 Å². The summed E-state index contributed by atoms with van der Waals surface area (Å²) < 4.78 is 1.98. The second-order valence-electron chi connectivity index (χ2n) is 5.57. The summed E-state index contributed by atoms with van der Waals surface area (Å²) in [7, 11) is 0. The van der Waals surface area contributed by atoms with E-state index in [1.54, 1.807) is 6.07 Å². The van der Waals surface area contributed by atoms with Crippen molar-refractivity contribution < 1.29 is 4.79 Å². The van der Waals surface area contributed by atoms with Crippen LogP contribution in [0.2, 0.25) is 0 Å². The summed E-state index contributed by atoms with van der Waals surface area (Å²) in [6, 6.07) is 7.37. The second-order valence-corrected chi connectivity index (χ2v) is 5.57. The van der Waals surface area contributed by atoms with Gasteiger partial charge in [-0.2, -0.15) is 5.10 Å². The minimum absolute atomic E-state index is 0.405. The van der Waals surface area contributed by atoms with Crippen molar-refractivity contribution in [3.8, 4) is 5.69 Å². The van der Waals surface area contributed by atoms with Crippen molar-refractivity contribution in [3.05, 3.63) is 46.8 Å². The molecule has 0 bridgehead atoms. The molecule has 1 aliphatic rings. The molecule has 1 aromatic heterocycles. The monoisotopic (exact) mass is 269 g/mol. The van der Waals surface area contributed by atoms with E-state index >= 15 is 0 Å². The number of benzene rings is 1. The molecule has 1 atom stereocenters. The lowest BCUT2D eigenvalue weighted by Gasteiger charge is -2.20. The van der Waals surface area contributed by atoms with Gasteiger partial charge in [0.2, 0.25) is 5.91 Å². The Balaban J connectivity index is 2.14. The van der Waals surface area contributed by atoms with Crippen molar-refractivity contribution in [1.82, 2.24) is 9.78 Å². The first-order valence-corrected chi connectivity index (χ1v) is 7.06. The van der Waals surface area contributed by atoms with Crippen molar-refractivity contribution in [2.24, 2.45) is 5.73 Å². The number of rotatable bonds is 2. The zero-order valence-electron chi connectivity index (χ0n) is 11.9. The number of primary amides is 1. The molecule has 1 heterocycles. The van der Waals surface area contributed by atoms with E-state index in [9.17, 15) is 4.79 Å². The molecule has 1 aromatic carbocycles. The van der Waals surface area contributed by atoms with Gasteiger partial charge in [0, 0.05) is 11.3 Å². The average Bonchev–Trinajstić information content (AvgIpc) is 2.78. The number of carbonyl (C=O) groups excluding carboxylic acids is 1. The van der Waals surface area contributed by atoms with E-state index in [0.717, 1.165) is 17.8 Å². The van der Waals surface area contributed by atoms with E-state index in [0.29, 0.717) is 11.5 Å². The first kappa shape index (κ1) is 12.9. The lowest BCUT2D eigenvalue weighted by Crippen LogP contribution is -2.13. The van der Waals surface area contributed by atoms with Gasteiger partial charge in [-0.1, -0.05) is 13.0 Å². The number of nitrogens with zero attached hydrogens (tertiary/aromatic N) is 2. The maximum atomic E-state index is 11.3. The van der Waals surface area contributed by atoms with Gasteiger partial charge in [0.1, 0.15) is 0 Å². The minimum Gasteiger partial charge on any atom is -0.366 e. The van der Waals surface area contributed by atoms with Crippen LogP contribution in [0.25, 0.3) is 5.69 Å². The molecule has 0 fully saturated rings. The first-order valence-electron chi connectivity index (χ1n) is 7.06. The zero-order chi connectivity index (χ0) is 14.3. The normalized spacial score (nSPS) is 17.8. The van der Waals surface area contributed by atoms with Crippen molar-refractivity contribution in [3.63, 3.8) is 0 Å². The molecule has 4 heteroatoms. The number of hydrogen-bond acceptors (Lipinski definition) is 2. The van der Waals surface area contributed by atoms with Crippen LogP contribution in [0.15, 0.2) is 24.3 Å². The Morgan fingerprint density at radius 2 is 2.25 bits per heavy atom. The van der Waals surface area contributed by atoms with Crippen LogP contribution in [0.3, 0.4) is 0 Å². The summed E-state index contributed by atoms with van der Waals surface area (Å²) in [5.74, 6) is 0.157. The fourth-order valence-electron chi connectivity index (χ4n) is 3.19. The summed E-state index contributed by atoms with van der Waals surface area (Å²) in [5.41, 5.74) is 10.5. The molecule has 0 saturated heterocycles. The highest BCUT2D eigenvalue weighted by molar-refractivity contribution is 5.93. The maximum Gasteiger partial charge on any atom is 0.248 e. The second kappa shape index (κ2) is 4.78. The van der Waals surface area contributed by atoms with Gasteiger partial charge in [-0.3, -0.25) is 4.79 Å². The van der Waals surface area contributed by atoms with Gasteiger partial charge in [0.15, 0.2) is 0 Å². The predicted molar refractivity (Wildman–Crippen MR) is 78.2 cm³/mol. The number of hydrogen-bond donors (Lipinski definition) is 1. The minimum atomic E-state index is -0.405. The van der Waals surface area contributed by atoms with E-state index < -0.39 is 5.91 Å². The van der Waals surface area contributed by atoms with Crippen LogP contribution in [0, 0.1) is 6.92 Å². The number of amides is 1. The molecule has 0 saturated carbocycles. The molecule has 2 aromatic rings. The number of aryl methyl sites for hydroxylation is 1. The Hall–Kier alpha value is -2.10. The molecule has 1 unspecified atom stereocenters. The Labute approximate surface area is 118 Å². The third-order valence-electron chi connectivity index (χ3n) is 4.13. The van der Waals surface area contributed by atoms with Gasteiger partial charge in [-0.15, -0.1) is 0 Å². The van der Waals surface area contributed by atoms with Crippen LogP contribution in [-0.2, 0) is 6.42 Å². The van der Waals surface area contributed by atoms with Crippen molar-refractivity contribution in [2.45, 2.75) is 39.0 Å². The molecular weight excluding hydrogens is 250 g/mol. The molecular formula is C16H19N3O. The highest BCUT2D eigenvalue weighted by Gasteiger charge is 2.24. The number of nitrogens with two attached hydrogens (primary N) is 1. The fraction of sp³-hybridized carbons (Fsp3) is 0.375. The molecule has 3 rings (SSSR count). The lowest BCUT2D eigenvalue weighted by molar-refractivity contribution is 0.100. The van der Waals surface area contributed by atoms with Gasteiger partial charge < -0.3 is 5.73 Å². The van der Waals surface area contributed by atoms with Crippen LogP contribution < -0.4 is 5.73 Å². The molecule has 4 nitrogen and oxygen atoms in total. The lowest BCUT2D eigenvalue weighted by atomic mass is 9.87. The zero-order valence-corrected chi connectivity index (χ0v) is 11.9. The van der Waals surface area contributed by atoms with Gasteiger partial charge >= 0.3 is 0 Å². The maximum absolute atomic E-state index is 11.3. The smallest absolute Gasteiger partial charge is 0.248 e. The molecule has 1 amide bonds. The summed E-state index contributed by atoms with van der Waals surface area (Å²) in [6.45, 7) is 4.33. The summed E-state index contributed by atoms with van der Waals surface area (Å²) in [4.78, 5) is 11.3. The predicted octanol–water partition coefficient (Wildman–Crippen LogP) is 2.72. The SMILES string of the molecule is Cc1nn(-c2cccc(C(N)=O)c2)c2c1C(C)CCC2. The quantitative estimate of drug-likeness (QED) is 0.911. The Morgan fingerprint density at radius 1 is 1.45 bits per heavy atom. The highest BCUT2D eigenvalue weighted by Crippen LogP contribution is 2.34. The van der Waals surface area contributed by atoms with Gasteiger partial charge in [0.05, 0.1) is 11.4 Å². The molecule has 0 spiro atoms. The van der Waals surface area contributed by atoms with E-state index in [1.165, 1.54) is 24.1 Å². The fourth-order valence-corrected chi connectivity index (χ4v) is 3.19. The third-order valence-corrected chi connectivity index (χ3v) is 4.13. The molecule has 20 heavy (non-hydrogen) atoms. The van der Waals surface area contributed by atoms with E-state index in [-0.39, 0.29) is 0 Å². The first-order chi connectivity index (χ1) is 9.58. The Morgan fingerprint density at radius 3 is 3.00 bits per heavy atom. The molecule has 0 radical (unpaired) electrons. The van der Waals surface area contributed by atoms with E-state index in [2.05, 4.69) is 18.9 Å². The average molecular weight is 269 g/mol. The Bertz CT molecular complexity index is 672. The molecule has 1 aliphatic carbocycles. The Kier molecular flexibility index (Phi) is 3.08. The summed E-state index contributed by atoms with van der Waals surface area (Å²) in [6.07, 6.45) is 3.46. The van der Waals surface area contributed by atoms with Crippen molar-refractivity contribution >= 4 is 5.91 Å². The van der Waals surface area contributed by atoms with Crippen LogP contribution in [0.5, 0.6) is 0 Å². The number of fused-ring (bicyclic) bond motifs is 1. The van der Waals surface area contributed by atoms with Crippen LogP contribution in [0.1, 0.15) is 53.0 Å². The number of aromatic nitrogens is 2. The third kappa shape index (κ3) is 2.01. The van der Waals surface area contributed by atoms with Crippen LogP contribution in [0.4, 0.5) is 0 Å². The molecule has 0 aliphatic heterocycles. The molecule has 104 valence electrons. The summed E-state index contributed by atoms with van der Waals surface area (Å²) in [5, 5.41) is 4.68. The van der Waals surface area contributed by atoms with Crippen LogP contribution in [-0.4, -0.2) is 15.7 Å². The van der Waals surface area contributed by atoms with Crippen LogP contribution >= 0.6 is 0 Å². The number of carbonyl (C=O) groups is 1. The highest BCUT2D eigenvalue weighted by atomic mass is 16.1. The topological polar surface area (TPSA) is 60.9 Å². The summed E-state index contributed by atoms with van der Waals surface area (Å²) >= 11 is 0.